The number of amides is 2. The van der Waals surface area contributed by atoms with Gasteiger partial charge in [0.2, 0.25) is 12.2 Å². The van der Waals surface area contributed by atoms with E-state index in [-0.39, 0.29) is 36.3 Å². The van der Waals surface area contributed by atoms with Gasteiger partial charge < -0.3 is 36.0 Å². The Hall–Kier alpha value is -3.94. The van der Waals surface area contributed by atoms with Crippen molar-refractivity contribution in [3.05, 3.63) is 34.1 Å². The molecule has 42 heavy (non-hydrogen) atoms. The van der Waals surface area contributed by atoms with E-state index in [1.165, 1.54) is 4.90 Å². The van der Waals surface area contributed by atoms with Crippen molar-refractivity contribution in [2.75, 3.05) is 58.2 Å². The minimum Gasteiger partial charge on any atom is -0.508 e. The number of anilines is 2. The SMILES string of the molecule is CN(C)c1cc(NC=O)c(O)c2c1CC1CC3[C@H](N(C)C)C(=O)C(C(=O)NCN4CCCC4)=C(O)[C@@]3(O)C(=O)C1=C2O. The van der Waals surface area contributed by atoms with Crippen LogP contribution >= 0.6 is 0 Å². The molecule has 0 radical (unpaired) electrons. The second-order valence-corrected chi connectivity index (χ2v) is 11.9. The molecule has 0 aromatic heterocycles. The largest absolute Gasteiger partial charge is 0.508 e. The normalized spacial score (nSPS) is 27.5. The van der Waals surface area contributed by atoms with Gasteiger partial charge in [-0.1, -0.05) is 0 Å². The number of aliphatic hydroxyl groups excluding tert-OH is 2. The molecule has 2 unspecified atom stereocenters. The number of ketones is 2. The summed E-state index contributed by atoms with van der Waals surface area (Å²) < 4.78 is 0. The van der Waals surface area contributed by atoms with Crippen molar-refractivity contribution in [2.45, 2.75) is 37.3 Å². The molecule has 1 saturated carbocycles. The van der Waals surface area contributed by atoms with Gasteiger partial charge in [-0.2, -0.15) is 0 Å². The lowest BCUT2D eigenvalue weighted by molar-refractivity contribution is -0.153. The topological polar surface area (TPSA) is 183 Å². The maximum absolute atomic E-state index is 14.2. The summed E-state index contributed by atoms with van der Waals surface area (Å²) in [6.45, 7) is 1.68. The van der Waals surface area contributed by atoms with E-state index in [9.17, 15) is 39.6 Å². The zero-order valence-corrected chi connectivity index (χ0v) is 24.1. The van der Waals surface area contributed by atoms with Gasteiger partial charge in [0.1, 0.15) is 22.8 Å². The number of phenols is 1. The van der Waals surface area contributed by atoms with Crippen molar-refractivity contribution in [2.24, 2.45) is 11.8 Å². The Kier molecular flexibility index (Phi) is 7.54. The summed E-state index contributed by atoms with van der Waals surface area (Å²) in [5.74, 6) is -6.55. The predicted octanol–water partition coefficient (Wildman–Crippen LogP) is 0.283. The zero-order chi connectivity index (χ0) is 30.7. The highest BCUT2D eigenvalue weighted by Gasteiger charge is 2.64. The minimum atomic E-state index is -2.68. The fraction of sp³-hybridized carbons (Fsp3) is 0.517. The van der Waals surface area contributed by atoms with Crippen LogP contribution in [-0.4, -0.2) is 114 Å². The molecule has 0 bridgehead atoms. The van der Waals surface area contributed by atoms with Crippen LogP contribution in [0, 0.1) is 11.8 Å². The lowest BCUT2D eigenvalue weighted by Crippen LogP contribution is -2.66. The van der Waals surface area contributed by atoms with Crippen molar-refractivity contribution < 1.29 is 39.6 Å². The Morgan fingerprint density at radius 3 is 2.40 bits per heavy atom. The van der Waals surface area contributed by atoms with Crippen LogP contribution < -0.4 is 15.5 Å². The number of aromatic hydroxyl groups is 1. The quantitative estimate of drug-likeness (QED) is 0.147. The highest BCUT2D eigenvalue weighted by Crippen LogP contribution is 2.54. The predicted molar refractivity (Wildman–Crippen MR) is 153 cm³/mol. The first-order valence-corrected chi connectivity index (χ1v) is 14.0. The number of benzene rings is 1. The fourth-order valence-corrected chi connectivity index (χ4v) is 7.06. The van der Waals surface area contributed by atoms with Gasteiger partial charge in [0, 0.05) is 31.3 Å². The Morgan fingerprint density at radius 2 is 1.81 bits per heavy atom. The molecule has 2 amide bonds. The second-order valence-electron chi connectivity index (χ2n) is 11.9. The van der Waals surface area contributed by atoms with Crippen LogP contribution in [0.1, 0.15) is 30.4 Å². The highest BCUT2D eigenvalue weighted by atomic mass is 16.3. The Balaban J connectivity index is 1.65. The molecular formula is C29H37N5O8. The number of likely N-dealkylation sites (N-methyl/N-ethyl adjacent to an activating group) is 1. The van der Waals surface area contributed by atoms with Gasteiger partial charge in [0.15, 0.2) is 11.4 Å². The Labute approximate surface area is 243 Å². The smallest absolute Gasteiger partial charge is 0.259 e. The number of likely N-dealkylation sites (tertiary alicyclic amines) is 1. The number of carbonyl (C=O) groups is 4. The summed E-state index contributed by atoms with van der Waals surface area (Å²) >= 11 is 0. The van der Waals surface area contributed by atoms with Crippen LogP contribution in [0.25, 0.3) is 5.76 Å². The first kappa shape index (κ1) is 29.5. The number of aliphatic hydroxyl groups is 3. The fourth-order valence-electron chi connectivity index (χ4n) is 7.06. The van der Waals surface area contributed by atoms with Crippen molar-refractivity contribution in [1.29, 1.82) is 0 Å². The van der Waals surface area contributed by atoms with Crippen molar-refractivity contribution >= 4 is 41.0 Å². The second kappa shape index (κ2) is 10.7. The first-order valence-electron chi connectivity index (χ1n) is 14.0. The average molecular weight is 584 g/mol. The van der Waals surface area contributed by atoms with Crippen molar-refractivity contribution in [3.8, 4) is 5.75 Å². The van der Waals surface area contributed by atoms with Crippen LogP contribution in [0.15, 0.2) is 23.0 Å². The van der Waals surface area contributed by atoms with Crippen LogP contribution in [-0.2, 0) is 25.6 Å². The molecule has 1 aromatic carbocycles. The van der Waals surface area contributed by atoms with E-state index in [1.54, 1.807) is 39.2 Å². The molecule has 4 aliphatic rings. The van der Waals surface area contributed by atoms with E-state index in [4.69, 9.17) is 0 Å². The Morgan fingerprint density at radius 1 is 1.14 bits per heavy atom. The van der Waals surface area contributed by atoms with Gasteiger partial charge in [-0.15, -0.1) is 0 Å². The molecule has 4 atom stereocenters. The summed E-state index contributed by atoms with van der Waals surface area (Å²) in [7, 11) is 6.69. The van der Waals surface area contributed by atoms with E-state index in [2.05, 4.69) is 10.6 Å². The van der Waals surface area contributed by atoms with Gasteiger partial charge in [0.05, 0.1) is 24.0 Å². The van der Waals surface area contributed by atoms with Crippen LogP contribution in [0.3, 0.4) is 0 Å². The van der Waals surface area contributed by atoms with Gasteiger partial charge in [0.25, 0.3) is 5.91 Å². The molecule has 5 rings (SSSR count). The minimum absolute atomic E-state index is 0.00790. The Bertz CT molecular complexity index is 1430. The number of fused-ring (bicyclic) bond motifs is 3. The number of nitrogens with one attached hydrogen (secondary N) is 2. The van der Waals surface area contributed by atoms with Gasteiger partial charge >= 0.3 is 0 Å². The van der Waals surface area contributed by atoms with Gasteiger partial charge in [-0.25, -0.2) is 0 Å². The lowest BCUT2D eigenvalue weighted by Gasteiger charge is -2.50. The van der Waals surface area contributed by atoms with Crippen molar-refractivity contribution in [1.82, 2.24) is 15.1 Å². The number of carbonyl (C=O) groups excluding carboxylic acids is 4. The monoisotopic (exact) mass is 583 g/mol. The molecule has 6 N–H and O–H groups in total. The van der Waals surface area contributed by atoms with E-state index in [0.717, 1.165) is 25.9 Å². The lowest BCUT2D eigenvalue weighted by atomic mass is 9.57. The number of hydrogen-bond acceptors (Lipinski definition) is 11. The molecule has 0 spiro atoms. The summed E-state index contributed by atoms with van der Waals surface area (Å²) in [6, 6.07) is 0.435. The van der Waals surface area contributed by atoms with Gasteiger partial charge in [-0.05, 0) is 70.4 Å². The number of Topliss-reactive ketones (excluding diaryl/α,β-unsaturated/α-hetero) is 2. The van der Waals surface area contributed by atoms with E-state index in [0.29, 0.717) is 17.7 Å². The van der Waals surface area contributed by atoms with Crippen LogP contribution in [0.4, 0.5) is 11.4 Å². The third-order valence-electron chi connectivity index (χ3n) is 9.04. The average Bonchev–Trinajstić information content (AvgIpc) is 3.44. The molecular weight excluding hydrogens is 546 g/mol. The molecule has 2 fully saturated rings. The molecule has 13 nitrogen and oxygen atoms in total. The van der Waals surface area contributed by atoms with E-state index >= 15 is 0 Å². The summed E-state index contributed by atoms with van der Waals surface area (Å²) in [5.41, 5.74) is -2.56. The molecule has 13 heteroatoms. The third-order valence-corrected chi connectivity index (χ3v) is 9.04. The number of rotatable bonds is 7. The summed E-state index contributed by atoms with van der Waals surface area (Å²) in [5, 5.41) is 50.9. The third kappa shape index (κ3) is 4.34. The number of phenolic OH excluding ortho intramolecular Hbond substituents is 1. The molecule has 1 aromatic rings. The van der Waals surface area contributed by atoms with Crippen molar-refractivity contribution in [3.63, 3.8) is 0 Å². The molecule has 1 saturated heterocycles. The maximum atomic E-state index is 14.2. The van der Waals surface area contributed by atoms with Crippen LogP contribution in [0.5, 0.6) is 5.75 Å². The van der Waals surface area contributed by atoms with Crippen LogP contribution in [0.2, 0.25) is 0 Å². The zero-order valence-electron chi connectivity index (χ0n) is 24.1. The standard InChI is InChI=1S/C29H37N5O8/c1-32(2)18-11-17(31-13-35)23(36)20-15(18)9-14-10-16-22(33(3)4)25(38)21(28(41)30-12-34-7-5-6-8-34)27(40)29(16,42)26(39)19(14)24(20)37/h11,13-14,16,22,36-37,40,42H,5-10,12H2,1-4H3,(H,30,41)(H,31,35)/t14?,16?,22-,29-/m0/s1. The summed E-state index contributed by atoms with van der Waals surface area (Å²) in [4.78, 5) is 57.6. The summed E-state index contributed by atoms with van der Waals surface area (Å²) in [6.07, 6.45) is 2.50. The first-order chi connectivity index (χ1) is 19.8. The van der Waals surface area contributed by atoms with E-state index < -0.39 is 63.8 Å². The molecule has 3 aliphatic carbocycles. The number of nitrogens with zero attached hydrogens (tertiary/aromatic N) is 3. The maximum Gasteiger partial charge on any atom is 0.259 e. The molecule has 226 valence electrons. The highest BCUT2D eigenvalue weighted by molar-refractivity contribution is 6.25. The van der Waals surface area contributed by atoms with E-state index in [1.807, 2.05) is 4.90 Å². The molecule has 1 aliphatic heterocycles. The molecule has 1 heterocycles. The van der Waals surface area contributed by atoms with Gasteiger partial charge in [-0.3, -0.25) is 29.0 Å². The number of hydrogen-bond donors (Lipinski definition) is 6.